The van der Waals surface area contributed by atoms with Gasteiger partial charge in [0.05, 0.1) is 17.0 Å². The topological polar surface area (TPSA) is 63.1 Å². The van der Waals surface area contributed by atoms with E-state index in [0.29, 0.717) is 17.0 Å². The normalized spacial score (nSPS) is 13.2. The summed E-state index contributed by atoms with van der Waals surface area (Å²) in [6.07, 6.45) is 0. The number of aryl methyl sites for hydroxylation is 2. The second kappa shape index (κ2) is 6.66. The third kappa shape index (κ3) is 3.04. The van der Waals surface area contributed by atoms with Crippen LogP contribution in [-0.4, -0.2) is 22.1 Å². The number of anilines is 2. The molecule has 26 heavy (non-hydrogen) atoms. The Labute approximate surface area is 159 Å². The van der Waals surface area contributed by atoms with Crippen molar-refractivity contribution in [2.45, 2.75) is 18.7 Å². The minimum atomic E-state index is -0.163. The number of carbonyl (C=O) groups is 2. The summed E-state index contributed by atoms with van der Waals surface area (Å²) >= 11 is 3.04. The van der Waals surface area contributed by atoms with E-state index in [1.807, 2.05) is 49.6 Å². The predicted molar refractivity (Wildman–Crippen MR) is 107 cm³/mol. The summed E-state index contributed by atoms with van der Waals surface area (Å²) in [6.45, 7) is 4.05. The number of thioether (sulfide) groups is 1. The van der Waals surface area contributed by atoms with Crippen molar-refractivity contribution in [3.05, 3.63) is 58.7 Å². The number of hydrogen-bond acceptors (Lipinski definition) is 4. The molecule has 2 N–H and O–H groups in total. The van der Waals surface area contributed by atoms with Crippen molar-refractivity contribution in [1.82, 2.24) is 4.57 Å². The molecule has 1 aliphatic heterocycles. The fourth-order valence-corrected chi connectivity index (χ4v) is 4.80. The highest BCUT2D eigenvalue weighted by molar-refractivity contribution is 8.00. The first-order valence-electron chi connectivity index (χ1n) is 8.14. The Morgan fingerprint density at radius 1 is 1.15 bits per heavy atom. The number of aromatic nitrogens is 1. The standard InChI is InChI=1S/C19H17N3O2S2/c1-11-3-4-12(2)22(11)19-14(7-8-25-19)18(24)20-13-5-6-16-15(9-13)21-17(23)10-26-16/h3-9H,10H2,1-2H3,(H,20,24)(H,21,23). The number of rotatable bonds is 3. The monoisotopic (exact) mass is 383 g/mol. The van der Waals surface area contributed by atoms with E-state index in [0.717, 1.165) is 27.0 Å². The Balaban J connectivity index is 1.62. The predicted octanol–water partition coefficient (Wildman–Crippen LogP) is 4.45. The van der Waals surface area contributed by atoms with Crippen LogP contribution in [0.25, 0.3) is 5.00 Å². The average molecular weight is 383 g/mol. The first-order valence-corrected chi connectivity index (χ1v) is 10.0. The molecule has 0 unspecified atom stereocenters. The molecule has 0 atom stereocenters. The highest BCUT2D eigenvalue weighted by Gasteiger charge is 2.19. The van der Waals surface area contributed by atoms with E-state index in [4.69, 9.17) is 0 Å². The van der Waals surface area contributed by atoms with Crippen LogP contribution in [-0.2, 0) is 4.79 Å². The first kappa shape index (κ1) is 16.9. The smallest absolute Gasteiger partial charge is 0.258 e. The zero-order valence-corrected chi connectivity index (χ0v) is 16.0. The van der Waals surface area contributed by atoms with E-state index in [9.17, 15) is 9.59 Å². The van der Waals surface area contributed by atoms with Gasteiger partial charge >= 0.3 is 0 Å². The minimum Gasteiger partial charge on any atom is -0.324 e. The van der Waals surface area contributed by atoms with Gasteiger partial charge in [0.1, 0.15) is 5.00 Å². The molecule has 7 heteroatoms. The Morgan fingerprint density at radius 3 is 2.69 bits per heavy atom. The zero-order valence-electron chi connectivity index (χ0n) is 14.3. The van der Waals surface area contributed by atoms with Crippen LogP contribution in [0.15, 0.2) is 46.7 Å². The third-order valence-electron chi connectivity index (χ3n) is 4.23. The highest BCUT2D eigenvalue weighted by atomic mass is 32.2. The van der Waals surface area contributed by atoms with Gasteiger partial charge in [-0.05, 0) is 55.6 Å². The third-order valence-corrected chi connectivity index (χ3v) is 6.21. The lowest BCUT2D eigenvalue weighted by Gasteiger charge is -2.17. The van der Waals surface area contributed by atoms with Crippen LogP contribution in [0, 0.1) is 13.8 Å². The fraction of sp³-hybridized carbons (Fsp3) is 0.158. The second-order valence-corrected chi connectivity index (χ2v) is 8.00. The maximum Gasteiger partial charge on any atom is 0.258 e. The largest absolute Gasteiger partial charge is 0.324 e. The molecule has 2 aromatic heterocycles. The minimum absolute atomic E-state index is 0.0235. The van der Waals surface area contributed by atoms with Crippen LogP contribution in [0.4, 0.5) is 11.4 Å². The second-order valence-electron chi connectivity index (χ2n) is 6.09. The number of fused-ring (bicyclic) bond motifs is 1. The molecule has 0 bridgehead atoms. The molecule has 1 aliphatic rings. The van der Waals surface area contributed by atoms with Gasteiger partial charge in [0.15, 0.2) is 0 Å². The molecule has 3 aromatic rings. The number of nitrogens with zero attached hydrogens (tertiary/aromatic N) is 1. The number of hydrogen-bond donors (Lipinski definition) is 2. The van der Waals surface area contributed by atoms with Crippen molar-refractivity contribution in [1.29, 1.82) is 0 Å². The molecule has 0 saturated carbocycles. The Hall–Kier alpha value is -2.51. The maximum absolute atomic E-state index is 12.8. The lowest BCUT2D eigenvalue weighted by molar-refractivity contribution is -0.113. The van der Waals surface area contributed by atoms with Crippen molar-refractivity contribution in [2.24, 2.45) is 0 Å². The number of amides is 2. The van der Waals surface area contributed by atoms with E-state index in [-0.39, 0.29) is 11.8 Å². The van der Waals surface area contributed by atoms with Crippen LogP contribution in [0.3, 0.4) is 0 Å². The van der Waals surface area contributed by atoms with Crippen LogP contribution in [0.1, 0.15) is 21.7 Å². The van der Waals surface area contributed by atoms with E-state index in [1.54, 1.807) is 6.07 Å². The van der Waals surface area contributed by atoms with Gasteiger partial charge in [0.2, 0.25) is 5.91 Å². The van der Waals surface area contributed by atoms with Crippen molar-refractivity contribution < 1.29 is 9.59 Å². The number of nitrogens with one attached hydrogen (secondary N) is 2. The molecule has 132 valence electrons. The average Bonchev–Trinajstić information content (AvgIpc) is 3.21. The maximum atomic E-state index is 12.8. The summed E-state index contributed by atoms with van der Waals surface area (Å²) in [5, 5.41) is 8.62. The van der Waals surface area contributed by atoms with Crippen LogP contribution in [0.5, 0.6) is 0 Å². The summed E-state index contributed by atoms with van der Waals surface area (Å²) in [6, 6.07) is 11.5. The zero-order chi connectivity index (χ0) is 18.3. The van der Waals surface area contributed by atoms with Crippen LogP contribution >= 0.6 is 23.1 Å². The Morgan fingerprint density at radius 2 is 1.92 bits per heavy atom. The first-order chi connectivity index (χ1) is 12.5. The van der Waals surface area contributed by atoms with Gasteiger partial charge in [-0.3, -0.25) is 9.59 Å². The van der Waals surface area contributed by atoms with Crippen molar-refractivity contribution >= 4 is 46.3 Å². The summed E-state index contributed by atoms with van der Waals surface area (Å²) in [7, 11) is 0. The van der Waals surface area contributed by atoms with E-state index < -0.39 is 0 Å². The highest BCUT2D eigenvalue weighted by Crippen LogP contribution is 2.34. The molecule has 3 heterocycles. The lowest BCUT2D eigenvalue weighted by Crippen LogP contribution is -2.19. The van der Waals surface area contributed by atoms with Crippen LogP contribution in [0.2, 0.25) is 0 Å². The molecule has 4 rings (SSSR count). The van der Waals surface area contributed by atoms with Gasteiger partial charge in [0, 0.05) is 22.0 Å². The van der Waals surface area contributed by atoms with E-state index >= 15 is 0 Å². The Bertz CT molecular complexity index is 1000. The van der Waals surface area contributed by atoms with Crippen molar-refractivity contribution in [3.8, 4) is 5.00 Å². The van der Waals surface area contributed by atoms with Crippen molar-refractivity contribution in [2.75, 3.05) is 16.4 Å². The summed E-state index contributed by atoms with van der Waals surface area (Å²) in [5.41, 5.74) is 4.22. The van der Waals surface area contributed by atoms with Gasteiger partial charge in [-0.25, -0.2) is 0 Å². The number of thiophene rings is 1. The molecule has 0 aliphatic carbocycles. The van der Waals surface area contributed by atoms with Gasteiger partial charge in [-0.1, -0.05) is 0 Å². The molecule has 2 amide bonds. The summed E-state index contributed by atoms with van der Waals surface area (Å²) in [4.78, 5) is 25.4. The van der Waals surface area contributed by atoms with Gasteiger partial charge in [0.25, 0.3) is 5.91 Å². The lowest BCUT2D eigenvalue weighted by atomic mass is 10.2. The number of carbonyl (C=O) groups excluding carboxylic acids is 2. The quantitative estimate of drug-likeness (QED) is 0.702. The van der Waals surface area contributed by atoms with Gasteiger partial charge in [-0.15, -0.1) is 23.1 Å². The summed E-state index contributed by atoms with van der Waals surface area (Å²) < 4.78 is 2.09. The molecule has 0 fully saturated rings. The van der Waals surface area contributed by atoms with E-state index in [2.05, 4.69) is 15.2 Å². The molecule has 0 spiro atoms. The van der Waals surface area contributed by atoms with Gasteiger partial charge < -0.3 is 15.2 Å². The molecule has 1 aromatic carbocycles. The van der Waals surface area contributed by atoms with Crippen molar-refractivity contribution in [3.63, 3.8) is 0 Å². The molecular weight excluding hydrogens is 366 g/mol. The fourth-order valence-electron chi connectivity index (χ4n) is 3.00. The van der Waals surface area contributed by atoms with Gasteiger partial charge in [-0.2, -0.15) is 0 Å². The number of benzene rings is 1. The van der Waals surface area contributed by atoms with E-state index in [1.165, 1.54) is 23.1 Å². The molecule has 0 radical (unpaired) electrons. The molecular formula is C19H17N3O2S2. The summed E-state index contributed by atoms with van der Waals surface area (Å²) in [5.74, 6) is 0.236. The Kier molecular flexibility index (Phi) is 4.34. The molecule has 0 saturated heterocycles. The SMILES string of the molecule is Cc1ccc(C)n1-c1sccc1C(=O)Nc1ccc2c(c1)NC(=O)CS2. The molecule has 5 nitrogen and oxygen atoms in total. The van der Waals surface area contributed by atoms with Crippen LogP contribution < -0.4 is 10.6 Å².